The smallest absolute Gasteiger partial charge is 0.196 e. The predicted molar refractivity (Wildman–Crippen MR) is 76.0 cm³/mol. The van der Waals surface area contributed by atoms with Crippen LogP contribution in [0.3, 0.4) is 0 Å². The summed E-state index contributed by atoms with van der Waals surface area (Å²) in [5.74, 6) is 1.56. The maximum atomic E-state index is 5.38. The number of hydrogen-bond donors (Lipinski definition) is 1. The van der Waals surface area contributed by atoms with Crippen LogP contribution in [0.2, 0.25) is 0 Å². The first-order chi connectivity index (χ1) is 8.70. The summed E-state index contributed by atoms with van der Waals surface area (Å²) in [6.45, 7) is 4.37. The van der Waals surface area contributed by atoms with E-state index in [2.05, 4.69) is 15.3 Å². The summed E-state index contributed by atoms with van der Waals surface area (Å²) in [5, 5.41) is 3.94. The molecule has 1 aliphatic carbocycles. The van der Waals surface area contributed by atoms with Crippen molar-refractivity contribution < 1.29 is 4.74 Å². The number of ether oxygens (including phenoxy) is 1. The van der Waals surface area contributed by atoms with Crippen LogP contribution >= 0.6 is 12.2 Å². The van der Waals surface area contributed by atoms with E-state index in [4.69, 9.17) is 17.0 Å². The number of aromatic nitrogens is 2. The summed E-state index contributed by atoms with van der Waals surface area (Å²) < 4.78 is 5.38. The highest BCUT2D eigenvalue weighted by molar-refractivity contribution is 7.80. The van der Waals surface area contributed by atoms with E-state index in [1.807, 2.05) is 13.8 Å². The average Bonchev–Trinajstić information content (AvgIpc) is 2.82. The second-order valence-electron chi connectivity index (χ2n) is 4.53. The fraction of sp³-hybridized carbons (Fsp3) is 0.615. The van der Waals surface area contributed by atoms with Gasteiger partial charge in [0.1, 0.15) is 11.6 Å². The van der Waals surface area contributed by atoms with Crippen molar-refractivity contribution in [2.45, 2.75) is 45.6 Å². The number of anilines is 1. The largest absolute Gasteiger partial charge is 0.483 e. The van der Waals surface area contributed by atoms with E-state index in [0.29, 0.717) is 17.7 Å². The zero-order valence-electron chi connectivity index (χ0n) is 10.9. The minimum Gasteiger partial charge on any atom is -0.483 e. The molecule has 0 aliphatic heterocycles. The number of nitrogens with zero attached hydrogens (tertiary/aromatic N) is 2. The Morgan fingerprint density at radius 2 is 2.22 bits per heavy atom. The Kier molecular flexibility index (Phi) is 4.47. The molecule has 1 aliphatic rings. The minimum atomic E-state index is 0.470. The molecule has 1 N–H and O–H groups in total. The molecule has 18 heavy (non-hydrogen) atoms. The van der Waals surface area contributed by atoms with Crippen LogP contribution in [0.15, 0.2) is 6.20 Å². The number of aryl methyl sites for hydroxylation is 1. The average molecular weight is 265 g/mol. The number of nitrogens with one attached hydrogen (secondary N) is 1. The van der Waals surface area contributed by atoms with Gasteiger partial charge in [-0.15, -0.1) is 0 Å². The summed E-state index contributed by atoms with van der Waals surface area (Å²) in [6.07, 6.45) is 6.71. The van der Waals surface area contributed by atoms with Gasteiger partial charge in [-0.3, -0.25) is 0 Å². The molecule has 4 nitrogen and oxygen atoms in total. The first-order valence-corrected chi connectivity index (χ1v) is 6.89. The summed E-state index contributed by atoms with van der Waals surface area (Å²) >= 11 is 5.25. The third-order valence-electron chi connectivity index (χ3n) is 3.10. The second-order valence-corrected chi connectivity index (χ2v) is 4.90. The first kappa shape index (κ1) is 13.2. The molecule has 0 unspecified atom stereocenters. The number of hydrogen-bond acceptors (Lipinski definition) is 5. The van der Waals surface area contributed by atoms with E-state index in [0.717, 1.165) is 17.2 Å². The molecule has 0 spiro atoms. The molecule has 0 radical (unpaired) electrons. The summed E-state index contributed by atoms with van der Waals surface area (Å²) in [4.78, 5) is 8.65. The van der Waals surface area contributed by atoms with Gasteiger partial charge >= 0.3 is 0 Å². The van der Waals surface area contributed by atoms with Gasteiger partial charge in [0.15, 0.2) is 5.05 Å². The van der Waals surface area contributed by atoms with Crippen molar-refractivity contribution in [2.75, 3.05) is 11.9 Å². The highest BCUT2D eigenvalue weighted by atomic mass is 32.1. The lowest BCUT2D eigenvalue weighted by atomic mass is 10.2. The molecular formula is C13H19N3OS. The first-order valence-electron chi connectivity index (χ1n) is 6.48. The molecule has 0 bridgehead atoms. The Bertz CT molecular complexity index is 430. The molecule has 1 saturated carbocycles. The van der Waals surface area contributed by atoms with E-state index < -0.39 is 0 Å². The fourth-order valence-electron chi connectivity index (χ4n) is 2.20. The molecule has 1 heterocycles. The Morgan fingerprint density at radius 1 is 1.50 bits per heavy atom. The molecule has 1 aromatic heterocycles. The quantitative estimate of drug-likeness (QED) is 0.848. The van der Waals surface area contributed by atoms with Gasteiger partial charge in [-0.25, -0.2) is 9.97 Å². The monoisotopic (exact) mass is 265 g/mol. The maximum absolute atomic E-state index is 5.38. The van der Waals surface area contributed by atoms with Crippen LogP contribution in [-0.4, -0.2) is 27.7 Å². The van der Waals surface area contributed by atoms with E-state index >= 15 is 0 Å². The molecule has 0 amide bonds. The molecular weight excluding hydrogens is 246 g/mol. The molecule has 5 heteroatoms. The normalized spacial score (nSPS) is 15.7. The molecule has 0 atom stereocenters. The van der Waals surface area contributed by atoms with Gasteiger partial charge in [0, 0.05) is 12.2 Å². The van der Waals surface area contributed by atoms with Gasteiger partial charge < -0.3 is 10.1 Å². The van der Waals surface area contributed by atoms with Crippen molar-refractivity contribution in [3.05, 3.63) is 17.6 Å². The Balaban J connectivity index is 2.19. The lowest BCUT2D eigenvalue weighted by molar-refractivity contribution is 0.337. The standard InChI is InChI=1S/C13H19N3OS/c1-3-17-13(18)11-8-14-9(2)15-12(11)16-10-6-4-5-7-10/h8,10H,3-7H2,1-2H3,(H,14,15,16). The van der Waals surface area contributed by atoms with E-state index in [9.17, 15) is 0 Å². The van der Waals surface area contributed by atoms with Gasteiger partial charge in [0.05, 0.1) is 12.2 Å². The second kappa shape index (κ2) is 6.09. The maximum Gasteiger partial charge on any atom is 0.196 e. The van der Waals surface area contributed by atoms with Gasteiger partial charge in [-0.1, -0.05) is 12.8 Å². The van der Waals surface area contributed by atoms with Crippen LogP contribution in [-0.2, 0) is 4.74 Å². The van der Waals surface area contributed by atoms with Crippen LogP contribution in [0, 0.1) is 6.92 Å². The molecule has 2 rings (SSSR count). The lowest BCUT2D eigenvalue weighted by Gasteiger charge is -2.16. The van der Waals surface area contributed by atoms with Gasteiger partial charge in [-0.05, 0) is 38.9 Å². The van der Waals surface area contributed by atoms with Gasteiger partial charge in [0.2, 0.25) is 0 Å². The van der Waals surface area contributed by atoms with Gasteiger partial charge in [-0.2, -0.15) is 0 Å². The summed E-state index contributed by atoms with van der Waals surface area (Å²) in [7, 11) is 0. The highest BCUT2D eigenvalue weighted by Gasteiger charge is 2.18. The molecule has 1 aromatic rings. The molecule has 0 aromatic carbocycles. The lowest BCUT2D eigenvalue weighted by Crippen LogP contribution is -2.19. The van der Waals surface area contributed by atoms with Crippen molar-refractivity contribution in [3.63, 3.8) is 0 Å². The fourth-order valence-corrected chi connectivity index (χ4v) is 2.47. The van der Waals surface area contributed by atoms with Crippen molar-refractivity contribution in [1.29, 1.82) is 0 Å². The van der Waals surface area contributed by atoms with Crippen LogP contribution in [0.25, 0.3) is 0 Å². The van der Waals surface area contributed by atoms with Crippen LogP contribution in [0.5, 0.6) is 0 Å². The third-order valence-corrected chi connectivity index (χ3v) is 3.44. The van der Waals surface area contributed by atoms with Crippen molar-refractivity contribution in [1.82, 2.24) is 9.97 Å². The van der Waals surface area contributed by atoms with E-state index in [-0.39, 0.29) is 0 Å². The number of thiocarbonyl (C=S) groups is 1. The van der Waals surface area contributed by atoms with Crippen molar-refractivity contribution >= 4 is 23.1 Å². The van der Waals surface area contributed by atoms with Crippen LogP contribution < -0.4 is 5.32 Å². The highest BCUT2D eigenvalue weighted by Crippen LogP contribution is 2.23. The van der Waals surface area contributed by atoms with Gasteiger partial charge in [0.25, 0.3) is 0 Å². The summed E-state index contributed by atoms with van der Waals surface area (Å²) in [5.41, 5.74) is 0.796. The summed E-state index contributed by atoms with van der Waals surface area (Å²) in [6, 6.07) is 0.502. The number of rotatable bonds is 4. The predicted octanol–water partition coefficient (Wildman–Crippen LogP) is 2.85. The molecule has 98 valence electrons. The Labute approximate surface area is 113 Å². The zero-order chi connectivity index (χ0) is 13.0. The minimum absolute atomic E-state index is 0.470. The Morgan fingerprint density at radius 3 is 2.89 bits per heavy atom. The molecule has 1 fully saturated rings. The van der Waals surface area contributed by atoms with Crippen LogP contribution in [0.4, 0.5) is 5.82 Å². The zero-order valence-corrected chi connectivity index (χ0v) is 11.7. The van der Waals surface area contributed by atoms with Crippen LogP contribution in [0.1, 0.15) is 44.0 Å². The van der Waals surface area contributed by atoms with Crippen molar-refractivity contribution in [3.8, 4) is 0 Å². The molecule has 0 saturated heterocycles. The van der Waals surface area contributed by atoms with Crippen molar-refractivity contribution in [2.24, 2.45) is 0 Å². The SMILES string of the molecule is CCOC(=S)c1cnc(C)nc1NC1CCCC1. The third kappa shape index (κ3) is 3.16. The topological polar surface area (TPSA) is 47.0 Å². The van der Waals surface area contributed by atoms with E-state index in [1.165, 1.54) is 25.7 Å². The Hall–Kier alpha value is -1.23. The van der Waals surface area contributed by atoms with E-state index in [1.54, 1.807) is 6.20 Å².